The van der Waals surface area contributed by atoms with Gasteiger partial charge in [-0.3, -0.25) is 0 Å². The van der Waals surface area contributed by atoms with Crippen molar-refractivity contribution in [1.82, 2.24) is 9.97 Å². The summed E-state index contributed by atoms with van der Waals surface area (Å²) < 4.78 is 55.7. The molecule has 0 aliphatic heterocycles. The Kier molecular flexibility index (Phi) is 7.88. The molecular weight excluding hydrogens is 521 g/mol. The van der Waals surface area contributed by atoms with Gasteiger partial charge in [0.15, 0.2) is 11.0 Å². The van der Waals surface area contributed by atoms with Gasteiger partial charge in [0.2, 0.25) is 5.95 Å². The largest absolute Gasteiger partial charge is 0.417 e. The number of alkyl halides is 3. The average molecular weight is 553 g/mol. The van der Waals surface area contributed by atoms with Gasteiger partial charge in [0.05, 0.1) is 16.0 Å². The second-order valence-electron chi connectivity index (χ2n) is 9.99. The van der Waals surface area contributed by atoms with Crippen LogP contribution in [0.3, 0.4) is 0 Å². The van der Waals surface area contributed by atoms with E-state index in [1.807, 2.05) is 19.2 Å². The second-order valence-corrected chi connectivity index (χ2v) is 11.2. The van der Waals surface area contributed by atoms with Gasteiger partial charge in [-0.15, -0.1) is 0 Å². The number of aromatic nitrogens is 2. The molecule has 1 fully saturated rings. The third-order valence-corrected chi connectivity index (χ3v) is 8.40. The molecule has 5 rings (SSSR count). The smallest absolute Gasteiger partial charge is 0.351 e. The average Bonchev–Trinajstić information content (AvgIpc) is 2.92. The van der Waals surface area contributed by atoms with Crippen molar-refractivity contribution in [2.45, 2.75) is 69.5 Å². The number of hydrogen-bond donors (Lipinski definition) is 2. The van der Waals surface area contributed by atoms with Crippen molar-refractivity contribution >= 4 is 33.5 Å². The SMILES string of the molecule is CCc1cc(-c2ccc(NS(=O)c3ccccc3C(F)(F)F)cc2C)cc2cnc(NC3CCCCC3)nc12. The molecule has 1 aliphatic rings. The third-order valence-electron chi connectivity index (χ3n) is 7.22. The molecule has 39 heavy (non-hydrogen) atoms. The summed E-state index contributed by atoms with van der Waals surface area (Å²) in [5.41, 5.74) is 4.49. The topological polar surface area (TPSA) is 66.9 Å². The van der Waals surface area contributed by atoms with Crippen LogP contribution in [0, 0.1) is 6.92 Å². The zero-order valence-corrected chi connectivity index (χ0v) is 22.8. The predicted octanol–water partition coefficient (Wildman–Crippen LogP) is 8.07. The highest BCUT2D eigenvalue weighted by molar-refractivity contribution is 7.86. The van der Waals surface area contributed by atoms with Crippen molar-refractivity contribution in [2.24, 2.45) is 0 Å². The van der Waals surface area contributed by atoms with Gasteiger partial charge in [-0.05, 0) is 84.8 Å². The lowest BCUT2D eigenvalue weighted by Gasteiger charge is -2.22. The maximum Gasteiger partial charge on any atom is 0.417 e. The van der Waals surface area contributed by atoms with E-state index in [1.54, 1.807) is 12.1 Å². The van der Waals surface area contributed by atoms with Crippen LogP contribution in [0.1, 0.15) is 55.7 Å². The standard InChI is InChI=1S/C30H31F3N4OS/c1-3-20-16-21(17-22-18-34-29(36-28(20)22)35-23-9-5-4-6-10-23)25-14-13-24(15-19(25)2)37-39(38)27-12-8-7-11-26(27)30(31,32)33/h7-8,11-18,23,37H,3-6,9-10H2,1-2H3,(H,34,35,36). The lowest BCUT2D eigenvalue weighted by atomic mass is 9.95. The number of anilines is 2. The molecule has 4 aromatic rings. The molecule has 2 N–H and O–H groups in total. The first kappa shape index (κ1) is 27.1. The van der Waals surface area contributed by atoms with Gasteiger partial charge in [-0.25, -0.2) is 14.2 Å². The summed E-state index contributed by atoms with van der Waals surface area (Å²) in [5.74, 6) is 0.670. The van der Waals surface area contributed by atoms with Crippen molar-refractivity contribution in [3.05, 3.63) is 77.5 Å². The van der Waals surface area contributed by atoms with E-state index in [4.69, 9.17) is 4.98 Å². The highest BCUT2D eigenvalue weighted by atomic mass is 32.2. The Morgan fingerprint density at radius 1 is 1.03 bits per heavy atom. The summed E-state index contributed by atoms with van der Waals surface area (Å²) in [6.07, 6.45) is 4.14. The summed E-state index contributed by atoms with van der Waals surface area (Å²) in [6, 6.07) is 14.9. The molecule has 3 aromatic carbocycles. The number of nitrogens with zero attached hydrogens (tertiary/aromatic N) is 2. The molecule has 1 saturated carbocycles. The van der Waals surface area contributed by atoms with Crippen LogP contribution in [0.25, 0.3) is 22.0 Å². The van der Waals surface area contributed by atoms with Crippen LogP contribution < -0.4 is 10.0 Å². The van der Waals surface area contributed by atoms with Crippen molar-refractivity contribution in [3.63, 3.8) is 0 Å². The van der Waals surface area contributed by atoms with Crippen LogP contribution >= 0.6 is 0 Å². The summed E-state index contributed by atoms with van der Waals surface area (Å²) in [6.45, 7) is 4.03. The molecule has 1 aromatic heterocycles. The Morgan fingerprint density at radius 2 is 1.79 bits per heavy atom. The maximum absolute atomic E-state index is 13.4. The van der Waals surface area contributed by atoms with Gasteiger partial charge in [0, 0.05) is 23.3 Å². The minimum Gasteiger partial charge on any atom is -0.351 e. The molecule has 204 valence electrons. The Labute approximate surface area is 228 Å². The van der Waals surface area contributed by atoms with E-state index in [1.165, 1.54) is 37.5 Å². The van der Waals surface area contributed by atoms with E-state index < -0.39 is 22.7 Å². The molecule has 0 amide bonds. The Morgan fingerprint density at radius 3 is 2.51 bits per heavy atom. The zero-order chi connectivity index (χ0) is 27.6. The van der Waals surface area contributed by atoms with Crippen LogP contribution in [0.4, 0.5) is 24.8 Å². The summed E-state index contributed by atoms with van der Waals surface area (Å²) in [7, 11) is -2.07. The molecular formula is C30H31F3N4OS. The van der Waals surface area contributed by atoms with E-state index in [9.17, 15) is 17.4 Å². The molecule has 1 aliphatic carbocycles. The van der Waals surface area contributed by atoms with E-state index in [0.29, 0.717) is 17.7 Å². The fourth-order valence-electron chi connectivity index (χ4n) is 5.22. The van der Waals surface area contributed by atoms with Crippen LogP contribution in [0.15, 0.2) is 65.7 Å². The first-order valence-electron chi connectivity index (χ1n) is 13.2. The first-order chi connectivity index (χ1) is 18.7. The summed E-state index contributed by atoms with van der Waals surface area (Å²) >= 11 is 0. The van der Waals surface area contributed by atoms with E-state index in [-0.39, 0.29) is 4.90 Å². The molecule has 1 heterocycles. The molecule has 1 unspecified atom stereocenters. The molecule has 9 heteroatoms. The van der Waals surface area contributed by atoms with Gasteiger partial charge in [-0.2, -0.15) is 13.2 Å². The molecule has 5 nitrogen and oxygen atoms in total. The molecule has 0 radical (unpaired) electrons. The predicted molar refractivity (Wildman–Crippen MR) is 151 cm³/mol. The Hall–Kier alpha value is -3.46. The Bertz CT molecular complexity index is 1520. The fraction of sp³-hybridized carbons (Fsp3) is 0.333. The van der Waals surface area contributed by atoms with E-state index in [2.05, 4.69) is 34.1 Å². The lowest BCUT2D eigenvalue weighted by molar-refractivity contribution is -0.139. The number of rotatable bonds is 7. The van der Waals surface area contributed by atoms with Crippen LogP contribution in [0.2, 0.25) is 0 Å². The van der Waals surface area contributed by atoms with Gasteiger partial charge < -0.3 is 10.0 Å². The minimum atomic E-state index is -4.59. The van der Waals surface area contributed by atoms with Crippen molar-refractivity contribution in [2.75, 3.05) is 10.0 Å². The normalized spacial score (nSPS) is 15.3. The van der Waals surface area contributed by atoms with Crippen molar-refractivity contribution in [3.8, 4) is 11.1 Å². The summed E-state index contributed by atoms with van der Waals surface area (Å²) in [5, 5.41) is 4.46. The van der Waals surface area contributed by atoms with Crippen molar-refractivity contribution < 1.29 is 17.4 Å². The molecule has 1 atom stereocenters. The number of hydrogen-bond acceptors (Lipinski definition) is 4. The van der Waals surface area contributed by atoms with Gasteiger partial charge in [-0.1, -0.05) is 44.4 Å². The van der Waals surface area contributed by atoms with Crippen molar-refractivity contribution in [1.29, 1.82) is 0 Å². The van der Waals surface area contributed by atoms with Crippen LogP contribution in [-0.4, -0.2) is 20.2 Å². The molecule has 0 bridgehead atoms. The second kappa shape index (κ2) is 11.3. The number of nitrogens with one attached hydrogen (secondary N) is 2. The number of aryl methyl sites for hydroxylation is 2. The molecule has 0 saturated heterocycles. The van der Waals surface area contributed by atoms with E-state index >= 15 is 0 Å². The summed E-state index contributed by atoms with van der Waals surface area (Å²) in [4.78, 5) is 9.14. The monoisotopic (exact) mass is 552 g/mol. The van der Waals surface area contributed by atoms with Crippen LogP contribution in [0.5, 0.6) is 0 Å². The van der Waals surface area contributed by atoms with Gasteiger partial charge in [0.25, 0.3) is 0 Å². The van der Waals surface area contributed by atoms with E-state index in [0.717, 1.165) is 58.5 Å². The van der Waals surface area contributed by atoms with Gasteiger partial charge in [0.1, 0.15) is 0 Å². The number of halogens is 3. The quantitative estimate of drug-likeness (QED) is 0.243. The Balaban J connectivity index is 1.40. The third kappa shape index (κ3) is 6.08. The highest BCUT2D eigenvalue weighted by Gasteiger charge is 2.34. The fourth-order valence-corrected chi connectivity index (χ4v) is 6.26. The maximum atomic E-state index is 13.4. The minimum absolute atomic E-state index is 0.300. The van der Waals surface area contributed by atoms with Crippen LogP contribution in [-0.2, 0) is 23.6 Å². The number of fused-ring (bicyclic) bond motifs is 1. The highest BCUT2D eigenvalue weighted by Crippen LogP contribution is 2.35. The first-order valence-corrected chi connectivity index (χ1v) is 14.4. The zero-order valence-electron chi connectivity index (χ0n) is 21.9. The molecule has 0 spiro atoms. The lowest BCUT2D eigenvalue weighted by Crippen LogP contribution is -2.23. The van der Waals surface area contributed by atoms with Gasteiger partial charge >= 0.3 is 6.18 Å². The number of benzene rings is 3.